The number of thiazole rings is 1. The Balaban J connectivity index is 2.38. The molecule has 0 spiro atoms. The van der Waals surface area contributed by atoms with Crippen molar-refractivity contribution in [2.24, 2.45) is 7.05 Å². The first kappa shape index (κ1) is 14.7. The molecule has 0 aromatic carbocycles. The largest absolute Gasteiger partial charge is 0.276 e. The van der Waals surface area contributed by atoms with Gasteiger partial charge >= 0.3 is 0 Å². The summed E-state index contributed by atoms with van der Waals surface area (Å²) in [5, 5.41) is 4.04. The number of hydrogen-bond donors (Lipinski definition) is 1. The second kappa shape index (κ2) is 4.98. The fourth-order valence-electron chi connectivity index (χ4n) is 1.88. The second-order valence-corrected chi connectivity index (χ2v) is 6.80. The van der Waals surface area contributed by atoms with Crippen molar-refractivity contribution in [3.63, 3.8) is 0 Å². The number of amides is 1. The van der Waals surface area contributed by atoms with E-state index >= 15 is 0 Å². The third kappa shape index (κ3) is 2.46. The van der Waals surface area contributed by atoms with Crippen LogP contribution in [0.15, 0.2) is 10.4 Å². The highest BCUT2D eigenvalue weighted by Crippen LogP contribution is 2.19. The fourth-order valence-corrected chi connectivity index (χ4v) is 4.04. The predicted molar refractivity (Wildman–Crippen MR) is 74.2 cm³/mol. The molecule has 0 radical (unpaired) electrons. The summed E-state index contributed by atoms with van der Waals surface area (Å²) in [6.07, 6.45) is 0. The molecule has 9 heteroatoms. The lowest BCUT2D eigenvalue weighted by atomic mass is 10.4. The monoisotopic (exact) mass is 314 g/mol. The SMILES string of the molecule is Cc1ncsc1C(=O)NS(=O)(=O)c1c(C)nn(C)c1C. The quantitative estimate of drug-likeness (QED) is 0.909. The molecule has 0 fully saturated rings. The lowest BCUT2D eigenvalue weighted by Crippen LogP contribution is -2.31. The Labute approximate surface area is 120 Å². The highest BCUT2D eigenvalue weighted by atomic mass is 32.2. The number of aryl methyl sites for hydroxylation is 3. The molecule has 1 N–H and O–H groups in total. The zero-order valence-corrected chi connectivity index (χ0v) is 13.1. The van der Waals surface area contributed by atoms with Gasteiger partial charge in [-0.1, -0.05) is 0 Å². The number of nitrogens with zero attached hydrogens (tertiary/aromatic N) is 3. The minimum Gasteiger partial charge on any atom is -0.271 e. The maximum absolute atomic E-state index is 12.3. The first-order chi connectivity index (χ1) is 9.24. The molecule has 2 heterocycles. The molecule has 2 rings (SSSR count). The predicted octanol–water partition coefficient (Wildman–Crippen LogP) is 0.921. The Kier molecular flexibility index (Phi) is 3.65. The molecule has 2 aromatic rings. The van der Waals surface area contributed by atoms with E-state index in [4.69, 9.17) is 0 Å². The second-order valence-electron chi connectivity index (χ2n) is 4.33. The average molecular weight is 314 g/mol. The van der Waals surface area contributed by atoms with Gasteiger partial charge in [0.2, 0.25) is 0 Å². The lowest BCUT2D eigenvalue weighted by molar-refractivity contribution is 0.0984. The molecule has 1 amide bonds. The number of aromatic nitrogens is 3. The Morgan fingerprint density at radius 1 is 1.30 bits per heavy atom. The van der Waals surface area contributed by atoms with Gasteiger partial charge in [0.05, 0.1) is 22.6 Å². The van der Waals surface area contributed by atoms with Crippen molar-refractivity contribution in [3.05, 3.63) is 27.5 Å². The van der Waals surface area contributed by atoms with Gasteiger partial charge in [-0.2, -0.15) is 5.10 Å². The van der Waals surface area contributed by atoms with Gasteiger partial charge in [0.25, 0.3) is 15.9 Å². The number of rotatable bonds is 3. The highest BCUT2D eigenvalue weighted by Gasteiger charge is 2.27. The molecule has 20 heavy (non-hydrogen) atoms. The van der Waals surface area contributed by atoms with E-state index in [0.717, 1.165) is 11.3 Å². The topological polar surface area (TPSA) is 93.9 Å². The molecule has 0 unspecified atom stereocenters. The zero-order chi connectivity index (χ0) is 15.1. The number of hydrogen-bond acceptors (Lipinski definition) is 6. The highest BCUT2D eigenvalue weighted by molar-refractivity contribution is 7.90. The van der Waals surface area contributed by atoms with E-state index in [9.17, 15) is 13.2 Å². The summed E-state index contributed by atoms with van der Waals surface area (Å²) in [7, 11) is -2.30. The molecular weight excluding hydrogens is 300 g/mol. The standard InChI is InChI=1S/C11H14N4O3S2/c1-6-9(19-5-12-6)11(16)14-20(17,18)10-7(2)13-15(4)8(10)3/h5H,1-4H3,(H,14,16). The summed E-state index contributed by atoms with van der Waals surface area (Å²) >= 11 is 1.10. The molecule has 0 atom stereocenters. The van der Waals surface area contributed by atoms with Crippen molar-refractivity contribution in [3.8, 4) is 0 Å². The first-order valence-electron chi connectivity index (χ1n) is 5.71. The summed E-state index contributed by atoms with van der Waals surface area (Å²) < 4.78 is 28.1. The molecule has 0 bridgehead atoms. The Hall–Kier alpha value is -1.74. The smallest absolute Gasteiger partial charge is 0.271 e. The van der Waals surface area contributed by atoms with Crippen molar-refractivity contribution in [1.29, 1.82) is 0 Å². The Morgan fingerprint density at radius 2 is 1.95 bits per heavy atom. The summed E-state index contributed by atoms with van der Waals surface area (Å²) in [6.45, 7) is 4.87. The summed E-state index contributed by atoms with van der Waals surface area (Å²) in [5.41, 5.74) is 2.83. The number of nitrogens with one attached hydrogen (secondary N) is 1. The maximum atomic E-state index is 12.3. The van der Waals surface area contributed by atoms with E-state index < -0.39 is 15.9 Å². The number of carbonyl (C=O) groups is 1. The van der Waals surface area contributed by atoms with Crippen LogP contribution in [0, 0.1) is 20.8 Å². The van der Waals surface area contributed by atoms with Crippen LogP contribution in [0.25, 0.3) is 0 Å². The van der Waals surface area contributed by atoms with E-state index in [1.165, 1.54) is 10.2 Å². The van der Waals surface area contributed by atoms with Crippen molar-refractivity contribution < 1.29 is 13.2 Å². The Bertz CT molecular complexity index is 774. The van der Waals surface area contributed by atoms with Crippen molar-refractivity contribution in [2.45, 2.75) is 25.7 Å². The zero-order valence-electron chi connectivity index (χ0n) is 11.5. The third-order valence-electron chi connectivity index (χ3n) is 2.89. The number of sulfonamides is 1. The molecule has 0 saturated carbocycles. The van der Waals surface area contributed by atoms with Crippen LogP contribution in [0.3, 0.4) is 0 Å². The van der Waals surface area contributed by atoms with Crippen LogP contribution in [0.4, 0.5) is 0 Å². The maximum Gasteiger partial charge on any atom is 0.276 e. The van der Waals surface area contributed by atoms with Gasteiger partial charge in [0.15, 0.2) is 0 Å². The van der Waals surface area contributed by atoms with Crippen LogP contribution in [0.1, 0.15) is 26.8 Å². The van der Waals surface area contributed by atoms with Crippen molar-refractivity contribution >= 4 is 27.3 Å². The van der Waals surface area contributed by atoms with Crippen LogP contribution in [-0.4, -0.2) is 29.1 Å². The van der Waals surface area contributed by atoms with E-state index in [1.54, 1.807) is 27.8 Å². The third-order valence-corrected chi connectivity index (χ3v) is 5.40. The molecule has 108 valence electrons. The van der Waals surface area contributed by atoms with Crippen LogP contribution in [-0.2, 0) is 17.1 Å². The summed E-state index contributed by atoms with van der Waals surface area (Å²) in [5.74, 6) is -0.673. The van der Waals surface area contributed by atoms with Crippen LogP contribution in [0.2, 0.25) is 0 Å². The molecule has 7 nitrogen and oxygen atoms in total. The molecule has 0 aliphatic heterocycles. The fraction of sp³-hybridized carbons (Fsp3) is 0.364. The van der Waals surface area contributed by atoms with Gasteiger partial charge in [-0.3, -0.25) is 9.48 Å². The normalized spacial score (nSPS) is 11.6. The van der Waals surface area contributed by atoms with Gasteiger partial charge in [-0.25, -0.2) is 18.1 Å². The van der Waals surface area contributed by atoms with Crippen LogP contribution in [0.5, 0.6) is 0 Å². The average Bonchev–Trinajstić information content (AvgIpc) is 2.83. The first-order valence-corrected chi connectivity index (χ1v) is 8.07. The van der Waals surface area contributed by atoms with Crippen LogP contribution >= 0.6 is 11.3 Å². The molecule has 0 aliphatic rings. The van der Waals surface area contributed by atoms with E-state index in [1.807, 2.05) is 0 Å². The van der Waals surface area contributed by atoms with E-state index in [2.05, 4.69) is 14.8 Å². The van der Waals surface area contributed by atoms with E-state index in [0.29, 0.717) is 17.1 Å². The van der Waals surface area contributed by atoms with Gasteiger partial charge in [-0.05, 0) is 20.8 Å². The van der Waals surface area contributed by atoms with Crippen molar-refractivity contribution in [1.82, 2.24) is 19.5 Å². The lowest BCUT2D eigenvalue weighted by Gasteiger charge is -2.06. The number of carbonyl (C=O) groups excluding carboxylic acids is 1. The Morgan fingerprint density at radius 3 is 2.40 bits per heavy atom. The van der Waals surface area contributed by atoms with Crippen molar-refractivity contribution in [2.75, 3.05) is 0 Å². The minimum atomic E-state index is -3.95. The molecule has 0 saturated heterocycles. The molecular formula is C11H14N4O3S2. The molecule has 2 aromatic heterocycles. The van der Waals surface area contributed by atoms with Gasteiger partial charge in [0.1, 0.15) is 9.77 Å². The van der Waals surface area contributed by atoms with Gasteiger partial charge in [0, 0.05) is 7.05 Å². The molecule has 0 aliphatic carbocycles. The van der Waals surface area contributed by atoms with Gasteiger partial charge in [-0.15, -0.1) is 11.3 Å². The van der Waals surface area contributed by atoms with E-state index in [-0.39, 0.29) is 9.77 Å². The summed E-state index contributed by atoms with van der Waals surface area (Å²) in [6, 6.07) is 0. The minimum absolute atomic E-state index is 0.0375. The summed E-state index contributed by atoms with van der Waals surface area (Å²) in [4.78, 5) is 16.2. The van der Waals surface area contributed by atoms with Gasteiger partial charge < -0.3 is 0 Å². The van der Waals surface area contributed by atoms with Crippen LogP contribution < -0.4 is 4.72 Å².